The quantitative estimate of drug-likeness (QED) is 0.244. The molecule has 9 heteroatoms. The van der Waals surface area contributed by atoms with Crippen LogP contribution >= 0.6 is 0 Å². The van der Waals surface area contributed by atoms with E-state index in [0.717, 1.165) is 11.0 Å². The van der Waals surface area contributed by atoms with Crippen LogP contribution in [0.1, 0.15) is 20.3 Å². The van der Waals surface area contributed by atoms with Crippen molar-refractivity contribution >= 4 is 49.6 Å². The molecule has 1 unspecified atom stereocenters. The Balaban J connectivity index is -0.000000425. The Kier molecular flexibility index (Phi) is 16.2. The molecule has 0 spiro atoms. The fraction of sp³-hybridized carbons (Fsp3) is 0.857. The van der Waals surface area contributed by atoms with Crippen molar-refractivity contribution in [3.8, 4) is 0 Å². The number of carbonyl (C=O) groups is 2. The zero-order valence-corrected chi connectivity index (χ0v) is 14.2. The van der Waals surface area contributed by atoms with Gasteiger partial charge in [0.2, 0.25) is 5.91 Å². The Hall–Kier alpha value is 0.0397. The summed E-state index contributed by atoms with van der Waals surface area (Å²) in [7, 11) is 6.16. The van der Waals surface area contributed by atoms with Crippen molar-refractivity contribution in [1.29, 1.82) is 0 Å². The molecular formula is C14H33CaN2O6+. The number of carbonyl (C=O) groups excluding carboxylic acids is 1. The molecule has 136 valence electrons. The van der Waals surface area contributed by atoms with Gasteiger partial charge in [-0.1, -0.05) is 13.8 Å². The second kappa shape index (κ2) is 13.3. The van der Waals surface area contributed by atoms with Crippen molar-refractivity contribution in [2.45, 2.75) is 26.4 Å². The number of likely N-dealkylation sites (N-methyl/N-ethyl adjacent to an activating group) is 1. The number of aliphatic carboxylic acids is 1. The van der Waals surface area contributed by atoms with Gasteiger partial charge in [0.05, 0.1) is 40.8 Å². The predicted molar refractivity (Wildman–Crippen MR) is 90.7 cm³/mol. The molecule has 0 aliphatic carbocycles. The van der Waals surface area contributed by atoms with E-state index >= 15 is 0 Å². The summed E-state index contributed by atoms with van der Waals surface area (Å²) in [5.41, 5.74) is -0.937. The number of amides is 1. The second-order valence-corrected chi connectivity index (χ2v) is 6.72. The van der Waals surface area contributed by atoms with Crippen LogP contribution in [0.3, 0.4) is 0 Å². The van der Waals surface area contributed by atoms with E-state index < -0.39 is 23.4 Å². The first-order valence-corrected chi connectivity index (χ1v) is 7.07. The molecule has 1 amide bonds. The summed E-state index contributed by atoms with van der Waals surface area (Å²) in [6.45, 7) is 3.82. The van der Waals surface area contributed by atoms with Gasteiger partial charge in [-0.25, -0.2) is 0 Å². The summed E-state index contributed by atoms with van der Waals surface area (Å²) in [6.07, 6.45) is -1.55. The van der Waals surface area contributed by atoms with Crippen molar-refractivity contribution in [3.63, 3.8) is 0 Å². The molecule has 0 fully saturated rings. The summed E-state index contributed by atoms with van der Waals surface area (Å²) in [6, 6.07) is 0. The third kappa shape index (κ3) is 16.7. The molecule has 1 atom stereocenters. The number of rotatable bonds is 8. The first kappa shape index (κ1) is 27.9. The van der Waals surface area contributed by atoms with E-state index in [-0.39, 0.29) is 63.9 Å². The molecule has 0 aromatic carbocycles. The molecule has 0 aliphatic rings. The number of hydrogen-bond donors (Lipinski definition) is 5. The molecule has 5 N–H and O–H groups in total. The van der Waals surface area contributed by atoms with Crippen molar-refractivity contribution in [2.75, 3.05) is 47.4 Å². The zero-order valence-electron chi connectivity index (χ0n) is 14.2. The van der Waals surface area contributed by atoms with Gasteiger partial charge in [0.25, 0.3) is 0 Å². The fourth-order valence-corrected chi connectivity index (χ4v) is 1.13. The summed E-state index contributed by atoms with van der Waals surface area (Å²) in [5.74, 6) is -1.69. The van der Waals surface area contributed by atoms with Crippen LogP contribution in [0.25, 0.3) is 0 Å². The SMILES string of the molecule is CC(C)(CO)C(O)C(=O)NCCC(=O)O.C[N+](C)(C)CCO.[CaH2]. The number of nitrogens with one attached hydrogen (secondary N) is 1. The van der Waals surface area contributed by atoms with Gasteiger partial charge in [-0.05, 0) is 0 Å². The van der Waals surface area contributed by atoms with Crippen LogP contribution in [0.2, 0.25) is 0 Å². The third-order valence-corrected chi connectivity index (χ3v) is 2.81. The number of aliphatic hydroxyl groups is 3. The topological polar surface area (TPSA) is 127 Å². The van der Waals surface area contributed by atoms with Crippen LogP contribution in [0.5, 0.6) is 0 Å². The molecular weight excluding hydrogens is 332 g/mol. The number of hydrogen-bond acceptors (Lipinski definition) is 5. The average Bonchev–Trinajstić information content (AvgIpc) is 2.36. The monoisotopic (exact) mass is 365 g/mol. The maximum absolute atomic E-state index is 11.3. The molecule has 0 bridgehead atoms. The summed E-state index contributed by atoms with van der Waals surface area (Å²) < 4.78 is 0.844. The van der Waals surface area contributed by atoms with Gasteiger partial charge in [0, 0.05) is 12.0 Å². The van der Waals surface area contributed by atoms with E-state index in [1.165, 1.54) is 13.8 Å². The molecule has 0 aromatic heterocycles. The minimum absolute atomic E-state index is 0. The average molecular weight is 366 g/mol. The summed E-state index contributed by atoms with van der Waals surface area (Å²) in [4.78, 5) is 21.4. The zero-order chi connectivity index (χ0) is 18.0. The number of carboxylic acid groups (broad SMARTS) is 1. The molecule has 0 rings (SSSR count). The molecule has 0 aliphatic heterocycles. The first-order chi connectivity index (χ1) is 9.87. The molecule has 23 heavy (non-hydrogen) atoms. The molecule has 8 nitrogen and oxygen atoms in total. The third-order valence-electron chi connectivity index (χ3n) is 2.81. The predicted octanol–water partition coefficient (Wildman–Crippen LogP) is -2.27. The number of aliphatic hydroxyl groups excluding tert-OH is 3. The van der Waals surface area contributed by atoms with Gasteiger partial charge in [0.1, 0.15) is 12.6 Å². The maximum atomic E-state index is 11.3. The van der Waals surface area contributed by atoms with E-state index in [4.69, 9.17) is 15.3 Å². The van der Waals surface area contributed by atoms with E-state index in [9.17, 15) is 14.7 Å². The Morgan fingerprint density at radius 3 is 1.91 bits per heavy atom. The summed E-state index contributed by atoms with van der Waals surface area (Å²) in [5, 5.41) is 37.4. The molecule has 0 heterocycles. The van der Waals surface area contributed by atoms with E-state index in [1.807, 2.05) is 0 Å². The van der Waals surface area contributed by atoms with Gasteiger partial charge >= 0.3 is 43.7 Å². The molecule has 0 radical (unpaired) electrons. The van der Waals surface area contributed by atoms with Crippen molar-refractivity contribution < 1.29 is 34.5 Å². The van der Waals surface area contributed by atoms with Gasteiger partial charge in [0.15, 0.2) is 0 Å². The van der Waals surface area contributed by atoms with Gasteiger partial charge in [-0.15, -0.1) is 0 Å². The number of carboxylic acids is 1. The molecule has 0 saturated carbocycles. The van der Waals surface area contributed by atoms with Crippen LogP contribution in [-0.4, -0.2) is 128 Å². The fourth-order valence-electron chi connectivity index (χ4n) is 1.13. The standard InChI is InChI=1S/C9H17NO5.C5H14NO.Ca.2H/c1-9(2,5-11)7(14)8(15)10-4-3-6(12)13;1-6(2,3)4-5-7;;;/h7,11,14H,3-5H2,1-2H3,(H,10,15)(H,12,13);7H,4-5H2,1-3H3;;;/q;+1;;;. The van der Waals surface area contributed by atoms with Gasteiger partial charge in [-0.2, -0.15) is 0 Å². The van der Waals surface area contributed by atoms with Gasteiger partial charge < -0.3 is 30.2 Å². The Morgan fingerprint density at radius 2 is 1.65 bits per heavy atom. The van der Waals surface area contributed by atoms with E-state index in [2.05, 4.69) is 26.5 Å². The van der Waals surface area contributed by atoms with Crippen molar-refractivity contribution in [2.24, 2.45) is 5.41 Å². The second-order valence-electron chi connectivity index (χ2n) is 6.72. The Morgan fingerprint density at radius 1 is 1.17 bits per heavy atom. The van der Waals surface area contributed by atoms with Crippen molar-refractivity contribution in [1.82, 2.24) is 5.32 Å². The first-order valence-electron chi connectivity index (χ1n) is 7.07. The van der Waals surface area contributed by atoms with Gasteiger partial charge in [-0.3, -0.25) is 9.59 Å². The minimum atomic E-state index is -1.35. The Labute approximate surface area is 168 Å². The van der Waals surface area contributed by atoms with Crippen LogP contribution < -0.4 is 5.32 Å². The molecule has 0 saturated heterocycles. The van der Waals surface area contributed by atoms with E-state index in [1.54, 1.807) is 0 Å². The van der Waals surface area contributed by atoms with Crippen molar-refractivity contribution in [3.05, 3.63) is 0 Å². The van der Waals surface area contributed by atoms with E-state index in [0.29, 0.717) is 0 Å². The normalized spacial score (nSPS) is 12.3. The van der Waals surface area contributed by atoms with Crippen LogP contribution in [0, 0.1) is 5.41 Å². The summed E-state index contributed by atoms with van der Waals surface area (Å²) >= 11 is 0. The van der Waals surface area contributed by atoms with Crippen LogP contribution in [-0.2, 0) is 9.59 Å². The van der Waals surface area contributed by atoms with Crippen LogP contribution in [0.15, 0.2) is 0 Å². The number of quaternary nitrogens is 1. The Bertz CT molecular complexity index is 345. The number of nitrogens with zero attached hydrogens (tertiary/aromatic N) is 1. The molecule has 0 aromatic rings. The van der Waals surface area contributed by atoms with Crippen LogP contribution in [0.4, 0.5) is 0 Å².